The Kier molecular flexibility index (Phi) is 4.51. The number of rotatable bonds is 3. The van der Waals surface area contributed by atoms with Crippen molar-refractivity contribution in [2.45, 2.75) is 64.0 Å². The van der Waals surface area contributed by atoms with Crippen molar-refractivity contribution in [2.24, 2.45) is 5.92 Å². The molecule has 15 heavy (non-hydrogen) atoms. The first kappa shape index (κ1) is 11.9. The maximum atomic E-state index is 3.68. The van der Waals surface area contributed by atoms with Crippen LogP contribution >= 0.6 is 15.9 Å². The van der Waals surface area contributed by atoms with Gasteiger partial charge in [-0.3, -0.25) is 4.90 Å². The third-order valence-electron chi connectivity index (χ3n) is 4.39. The average molecular weight is 274 g/mol. The van der Waals surface area contributed by atoms with Gasteiger partial charge in [0.2, 0.25) is 0 Å². The number of halogens is 1. The molecule has 0 aromatic heterocycles. The second-order valence-electron chi connectivity index (χ2n) is 5.21. The van der Waals surface area contributed by atoms with Crippen molar-refractivity contribution >= 4 is 15.9 Å². The Bertz CT molecular complexity index is 189. The van der Waals surface area contributed by atoms with E-state index in [0.29, 0.717) is 0 Å². The number of hydrogen-bond donors (Lipinski definition) is 0. The molecule has 88 valence electrons. The van der Waals surface area contributed by atoms with Gasteiger partial charge < -0.3 is 0 Å². The lowest BCUT2D eigenvalue weighted by atomic mass is 9.92. The molecule has 0 radical (unpaired) electrons. The first-order valence-corrected chi connectivity index (χ1v) is 7.80. The van der Waals surface area contributed by atoms with Gasteiger partial charge in [-0.05, 0) is 38.1 Å². The van der Waals surface area contributed by atoms with Crippen LogP contribution in [0, 0.1) is 5.92 Å². The highest BCUT2D eigenvalue weighted by molar-refractivity contribution is 9.09. The first-order valence-electron chi connectivity index (χ1n) is 6.68. The SMILES string of the molecule is CCC1C(CBr)CCN1C1CCCCC1. The summed E-state index contributed by atoms with van der Waals surface area (Å²) in [5, 5.41) is 1.20. The summed E-state index contributed by atoms with van der Waals surface area (Å²) >= 11 is 3.68. The van der Waals surface area contributed by atoms with Gasteiger partial charge in [0.1, 0.15) is 0 Å². The van der Waals surface area contributed by atoms with Gasteiger partial charge in [0.15, 0.2) is 0 Å². The van der Waals surface area contributed by atoms with Crippen LogP contribution in [0.4, 0.5) is 0 Å². The van der Waals surface area contributed by atoms with Crippen LogP contribution in [0.15, 0.2) is 0 Å². The zero-order chi connectivity index (χ0) is 10.7. The molecule has 1 aliphatic heterocycles. The van der Waals surface area contributed by atoms with Crippen LogP contribution in [0.25, 0.3) is 0 Å². The fourth-order valence-electron chi connectivity index (χ4n) is 3.56. The van der Waals surface area contributed by atoms with E-state index in [1.54, 1.807) is 0 Å². The molecule has 1 saturated heterocycles. The summed E-state index contributed by atoms with van der Waals surface area (Å²) in [5.41, 5.74) is 0. The van der Waals surface area contributed by atoms with Crippen LogP contribution in [-0.4, -0.2) is 28.9 Å². The van der Waals surface area contributed by atoms with E-state index in [-0.39, 0.29) is 0 Å². The van der Waals surface area contributed by atoms with Gasteiger partial charge in [-0.25, -0.2) is 0 Å². The maximum Gasteiger partial charge on any atom is 0.0132 e. The van der Waals surface area contributed by atoms with Crippen LogP contribution in [0.5, 0.6) is 0 Å². The van der Waals surface area contributed by atoms with Gasteiger partial charge in [-0.1, -0.05) is 42.1 Å². The molecule has 2 unspecified atom stereocenters. The minimum atomic E-state index is 0.868. The van der Waals surface area contributed by atoms with Gasteiger partial charge in [-0.2, -0.15) is 0 Å². The Balaban J connectivity index is 1.95. The second kappa shape index (κ2) is 5.67. The summed E-state index contributed by atoms with van der Waals surface area (Å²) in [5.74, 6) is 0.914. The monoisotopic (exact) mass is 273 g/mol. The van der Waals surface area contributed by atoms with Crippen molar-refractivity contribution in [2.75, 3.05) is 11.9 Å². The zero-order valence-electron chi connectivity index (χ0n) is 9.92. The summed E-state index contributed by atoms with van der Waals surface area (Å²) in [6.45, 7) is 3.72. The number of hydrogen-bond acceptors (Lipinski definition) is 1. The fourth-order valence-corrected chi connectivity index (χ4v) is 4.31. The summed E-state index contributed by atoms with van der Waals surface area (Å²) in [4.78, 5) is 2.84. The molecule has 0 amide bonds. The molecule has 0 N–H and O–H groups in total. The maximum absolute atomic E-state index is 3.68. The average Bonchev–Trinajstić information content (AvgIpc) is 2.72. The molecule has 0 bridgehead atoms. The number of nitrogens with zero attached hydrogens (tertiary/aromatic N) is 1. The lowest BCUT2D eigenvalue weighted by Crippen LogP contribution is -2.41. The molecule has 2 atom stereocenters. The smallest absolute Gasteiger partial charge is 0.0132 e. The normalized spacial score (nSPS) is 34.8. The van der Waals surface area contributed by atoms with Gasteiger partial charge in [0, 0.05) is 17.4 Å². The highest BCUT2D eigenvalue weighted by Crippen LogP contribution is 2.34. The summed E-state index contributed by atoms with van der Waals surface area (Å²) in [7, 11) is 0. The van der Waals surface area contributed by atoms with Crippen LogP contribution in [0.2, 0.25) is 0 Å². The van der Waals surface area contributed by atoms with E-state index in [2.05, 4.69) is 27.8 Å². The standard InChI is InChI=1S/C13H24BrN/c1-2-13-11(10-14)8-9-15(13)12-6-4-3-5-7-12/h11-13H,2-10H2,1H3. The quantitative estimate of drug-likeness (QED) is 0.707. The van der Waals surface area contributed by atoms with Crippen molar-refractivity contribution in [1.29, 1.82) is 0 Å². The van der Waals surface area contributed by atoms with Crippen LogP contribution in [-0.2, 0) is 0 Å². The molecule has 1 aliphatic carbocycles. The van der Waals surface area contributed by atoms with E-state index >= 15 is 0 Å². The lowest BCUT2D eigenvalue weighted by Gasteiger charge is -2.36. The van der Waals surface area contributed by atoms with E-state index < -0.39 is 0 Å². The molecular weight excluding hydrogens is 250 g/mol. The van der Waals surface area contributed by atoms with Gasteiger partial charge >= 0.3 is 0 Å². The predicted molar refractivity (Wildman–Crippen MR) is 69.6 cm³/mol. The highest BCUT2D eigenvalue weighted by Gasteiger charge is 2.36. The third kappa shape index (κ3) is 2.58. The van der Waals surface area contributed by atoms with Crippen molar-refractivity contribution in [3.63, 3.8) is 0 Å². The molecule has 2 rings (SSSR count). The second-order valence-corrected chi connectivity index (χ2v) is 5.86. The molecule has 0 aromatic carbocycles. The molecule has 2 heteroatoms. The largest absolute Gasteiger partial charge is 0.297 e. The van der Waals surface area contributed by atoms with Gasteiger partial charge in [-0.15, -0.1) is 0 Å². The minimum Gasteiger partial charge on any atom is -0.297 e. The topological polar surface area (TPSA) is 3.24 Å². The van der Waals surface area contributed by atoms with E-state index in [0.717, 1.165) is 18.0 Å². The zero-order valence-corrected chi connectivity index (χ0v) is 11.5. The Morgan fingerprint density at radius 3 is 2.47 bits per heavy atom. The molecule has 0 spiro atoms. The molecule has 1 nitrogen and oxygen atoms in total. The van der Waals surface area contributed by atoms with Crippen LogP contribution < -0.4 is 0 Å². The summed E-state index contributed by atoms with van der Waals surface area (Å²) in [6.07, 6.45) is 10.1. The van der Waals surface area contributed by atoms with Crippen molar-refractivity contribution in [3.8, 4) is 0 Å². The van der Waals surface area contributed by atoms with E-state index in [1.165, 1.54) is 56.8 Å². The van der Waals surface area contributed by atoms with Crippen molar-refractivity contribution in [1.82, 2.24) is 4.90 Å². The number of alkyl halides is 1. The highest BCUT2D eigenvalue weighted by atomic mass is 79.9. The van der Waals surface area contributed by atoms with Crippen molar-refractivity contribution in [3.05, 3.63) is 0 Å². The van der Waals surface area contributed by atoms with E-state index in [1.807, 2.05) is 0 Å². The Morgan fingerprint density at radius 2 is 1.87 bits per heavy atom. The van der Waals surface area contributed by atoms with Crippen molar-refractivity contribution < 1.29 is 0 Å². The van der Waals surface area contributed by atoms with Gasteiger partial charge in [0.05, 0.1) is 0 Å². The Labute approximate surface area is 103 Å². The first-order chi connectivity index (χ1) is 7.36. The Hall–Kier alpha value is 0.440. The molecule has 1 heterocycles. The molecule has 2 fully saturated rings. The predicted octanol–water partition coefficient (Wildman–Crippen LogP) is 3.81. The molecule has 2 aliphatic rings. The third-order valence-corrected chi connectivity index (χ3v) is 5.22. The van der Waals surface area contributed by atoms with E-state index in [9.17, 15) is 0 Å². The molecule has 1 saturated carbocycles. The lowest BCUT2D eigenvalue weighted by molar-refractivity contribution is 0.128. The van der Waals surface area contributed by atoms with Gasteiger partial charge in [0.25, 0.3) is 0 Å². The minimum absolute atomic E-state index is 0.868. The van der Waals surface area contributed by atoms with E-state index in [4.69, 9.17) is 0 Å². The van der Waals surface area contributed by atoms with Crippen LogP contribution in [0.1, 0.15) is 51.9 Å². The van der Waals surface area contributed by atoms with Crippen LogP contribution in [0.3, 0.4) is 0 Å². The number of likely N-dealkylation sites (tertiary alicyclic amines) is 1. The Morgan fingerprint density at radius 1 is 1.13 bits per heavy atom. The summed E-state index contributed by atoms with van der Waals surface area (Å²) in [6, 6.07) is 1.79. The fraction of sp³-hybridized carbons (Fsp3) is 1.00. The summed E-state index contributed by atoms with van der Waals surface area (Å²) < 4.78 is 0. The molecule has 0 aromatic rings. The molecular formula is C13H24BrN.